The first-order valence-corrected chi connectivity index (χ1v) is 9.80. The molecule has 0 spiro atoms. The Kier molecular flexibility index (Phi) is 7.94. The quantitative estimate of drug-likeness (QED) is 0.135. The minimum absolute atomic E-state index is 0. The van der Waals surface area contributed by atoms with Crippen molar-refractivity contribution in [3.05, 3.63) is 28.0 Å². The molecule has 1 aromatic heterocycles. The molecule has 10 nitrogen and oxygen atoms in total. The van der Waals surface area contributed by atoms with E-state index in [1.54, 1.807) is 0 Å². The van der Waals surface area contributed by atoms with Gasteiger partial charge in [0.2, 0.25) is 16.7 Å². The SMILES string of the molecule is O=S(=O)([O-])OCC1O[C@@H](Oc2c[nH]c3ccc(I)cc23)C(O)[C@H](O)[C@H]1O.[Na+]. The molecule has 4 N–H and O–H groups in total. The predicted molar refractivity (Wildman–Crippen MR) is 94.0 cm³/mol. The van der Waals surface area contributed by atoms with Gasteiger partial charge in [0.25, 0.3) is 0 Å². The summed E-state index contributed by atoms with van der Waals surface area (Å²) in [5.74, 6) is 0.322. The van der Waals surface area contributed by atoms with Gasteiger partial charge in [-0.3, -0.25) is 4.18 Å². The molecule has 0 amide bonds. The maximum atomic E-state index is 10.6. The summed E-state index contributed by atoms with van der Waals surface area (Å²) >= 11 is 2.12. The number of hydrogen-bond donors (Lipinski definition) is 4. The molecule has 1 saturated heterocycles. The van der Waals surface area contributed by atoms with Crippen LogP contribution in [0.5, 0.6) is 5.75 Å². The van der Waals surface area contributed by atoms with Crippen molar-refractivity contribution in [2.75, 3.05) is 6.61 Å². The van der Waals surface area contributed by atoms with Crippen LogP contribution in [0.4, 0.5) is 0 Å². The van der Waals surface area contributed by atoms with Gasteiger partial charge in [0.15, 0.2) is 0 Å². The van der Waals surface area contributed by atoms with E-state index in [0.717, 1.165) is 9.09 Å². The van der Waals surface area contributed by atoms with E-state index < -0.39 is 47.7 Å². The zero-order chi connectivity index (χ0) is 19.1. The Bertz CT molecular complexity index is 892. The van der Waals surface area contributed by atoms with Gasteiger partial charge in [-0.25, -0.2) is 8.42 Å². The van der Waals surface area contributed by atoms with Gasteiger partial charge in [0.1, 0.15) is 30.2 Å². The Balaban J connectivity index is 0.00000261. The second-order valence-electron chi connectivity index (χ2n) is 5.67. The van der Waals surface area contributed by atoms with Crippen molar-refractivity contribution in [1.29, 1.82) is 0 Å². The predicted octanol–water partition coefficient (Wildman–Crippen LogP) is -3.56. The minimum Gasteiger partial charge on any atom is -0.726 e. The molecule has 0 saturated carbocycles. The Morgan fingerprint density at radius 2 is 1.93 bits per heavy atom. The summed E-state index contributed by atoms with van der Waals surface area (Å²) in [6.45, 7) is -0.831. The molecule has 144 valence electrons. The van der Waals surface area contributed by atoms with Gasteiger partial charge in [0, 0.05) is 20.7 Å². The molecule has 0 radical (unpaired) electrons. The molecule has 0 bridgehead atoms. The van der Waals surface area contributed by atoms with E-state index in [0.29, 0.717) is 11.1 Å². The van der Waals surface area contributed by atoms with E-state index in [-0.39, 0.29) is 29.6 Å². The summed E-state index contributed by atoms with van der Waals surface area (Å²) < 4.78 is 47.6. The van der Waals surface area contributed by atoms with Crippen LogP contribution in [0, 0.1) is 3.57 Å². The number of benzene rings is 1. The average molecular weight is 523 g/mol. The summed E-state index contributed by atoms with van der Waals surface area (Å²) in [6.07, 6.45) is -6.27. The van der Waals surface area contributed by atoms with E-state index >= 15 is 0 Å². The number of fused-ring (bicyclic) bond motifs is 1. The molecule has 27 heavy (non-hydrogen) atoms. The summed E-state index contributed by atoms with van der Waals surface area (Å²) in [4.78, 5) is 2.97. The topological polar surface area (TPSA) is 161 Å². The van der Waals surface area contributed by atoms with Crippen LogP contribution >= 0.6 is 22.6 Å². The molecule has 1 fully saturated rings. The van der Waals surface area contributed by atoms with Crippen molar-refractivity contribution in [3.8, 4) is 5.75 Å². The van der Waals surface area contributed by atoms with Crippen molar-refractivity contribution in [2.45, 2.75) is 30.7 Å². The molecule has 2 heterocycles. The maximum absolute atomic E-state index is 10.6. The molecule has 1 aliphatic rings. The standard InChI is InChI=1S/C14H16INO9S.Na/c15-6-1-2-8-7(3-6)9(4-16-8)24-14-13(19)12(18)11(17)10(25-14)5-23-26(20,21)22;/h1-4,10-14,16-19H,5H2,(H,20,21,22);/q;+1/p-1/t10?,11-,12+,13?,14+;/m0./s1. The smallest absolute Gasteiger partial charge is 0.726 e. The molecule has 2 unspecified atom stereocenters. The van der Waals surface area contributed by atoms with Gasteiger partial charge < -0.3 is 34.3 Å². The van der Waals surface area contributed by atoms with Gasteiger partial charge >= 0.3 is 29.6 Å². The number of aliphatic hydroxyl groups is 3. The van der Waals surface area contributed by atoms with Crippen molar-refractivity contribution in [3.63, 3.8) is 0 Å². The molecule has 13 heteroatoms. The van der Waals surface area contributed by atoms with Gasteiger partial charge in [-0.2, -0.15) is 0 Å². The first-order chi connectivity index (χ1) is 12.2. The van der Waals surface area contributed by atoms with Gasteiger partial charge in [-0.05, 0) is 40.8 Å². The van der Waals surface area contributed by atoms with Crippen molar-refractivity contribution in [2.24, 2.45) is 0 Å². The van der Waals surface area contributed by atoms with Crippen LogP contribution in [0.2, 0.25) is 0 Å². The van der Waals surface area contributed by atoms with Crippen LogP contribution in [0.25, 0.3) is 10.9 Å². The van der Waals surface area contributed by atoms with E-state index in [1.807, 2.05) is 18.2 Å². The third-order valence-electron chi connectivity index (χ3n) is 3.89. The van der Waals surface area contributed by atoms with Crippen LogP contribution in [0.3, 0.4) is 0 Å². The molecular weight excluding hydrogens is 508 g/mol. The number of aromatic nitrogens is 1. The van der Waals surface area contributed by atoms with E-state index in [9.17, 15) is 28.3 Å². The maximum Gasteiger partial charge on any atom is 1.00 e. The van der Waals surface area contributed by atoms with E-state index in [2.05, 4.69) is 31.8 Å². The number of ether oxygens (including phenoxy) is 2. The summed E-state index contributed by atoms with van der Waals surface area (Å²) in [5.41, 5.74) is 0.767. The third kappa shape index (κ3) is 5.54. The normalized spacial score (nSPS) is 28.7. The second-order valence-corrected chi connectivity index (χ2v) is 7.97. The fourth-order valence-corrected chi connectivity index (χ4v) is 3.38. The Labute approximate surface area is 190 Å². The van der Waals surface area contributed by atoms with Gasteiger partial charge in [0.05, 0.1) is 6.61 Å². The van der Waals surface area contributed by atoms with E-state index in [4.69, 9.17) is 9.47 Å². The second kappa shape index (κ2) is 9.21. The average Bonchev–Trinajstić information content (AvgIpc) is 2.95. The zero-order valence-electron chi connectivity index (χ0n) is 14.0. The molecule has 2 aromatic rings. The fourth-order valence-electron chi connectivity index (χ4n) is 2.59. The van der Waals surface area contributed by atoms with Crippen LogP contribution < -0.4 is 34.3 Å². The minimum atomic E-state index is -5.01. The van der Waals surface area contributed by atoms with Crippen LogP contribution in [0.1, 0.15) is 0 Å². The van der Waals surface area contributed by atoms with Gasteiger partial charge in [-0.1, -0.05) is 0 Å². The molecule has 0 aliphatic carbocycles. The molecule has 5 atom stereocenters. The number of rotatable bonds is 5. The number of halogens is 1. The summed E-state index contributed by atoms with van der Waals surface area (Å²) in [5, 5.41) is 30.6. The largest absolute Gasteiger partial charge is 1.00 e. The number of nitrogens with one attached hydrogen (secondary N) is 1. The van der Waals surface area contributed by atoms with Crippen molar-refractivity contribution < 1.29 is 71.5 Å². The fraction of sp³-hybridized carbons (Fsp3) is 0.429. The Morgan fingerprint density at radius 3 is 2.59 bits per heavy atom. The molecule has 1 aromatic carbocycles. The number of H-pyrrole nitrogens is 1. The first kappa shape index (κ1) is 23.3. The van der Waals surface area contributed by atoms with E-state index in [1.165, 1.54) is 6.20 Å². The molecule has 1 aliphatic heterocycles. The van der Waals surface area contributed by atoms with Crippen LogP contribution in [0.15, 0.2) is 24.4 Å². The van der Waals surface area contributed by atoms with Crippen molar-refractivity contribution in [1.82, 2.24) is 4.98 Å². The number of aromatic amines is 1. The molecular formula is C14H15INNaO9S. The Morgan fingerprint density at radius 1 is 1.22 bits per heavy atom. The van der Waals surface area contributed by atoms with Crippen LogP contribution in [-0.2, 0) is 19.3 Å². The molecule has 3 rings (SSSR count). The number of aliphatic hydroxyl groups excluding tert-OH is 3. The van der Waals surface area contributed by atoms with Crippen molar-refractivity contribution >= 4 is 43.9 Å². The zero-order valence-corrected chi connectivity index (χ0v) is 19.0. The Hall–Kier alpha value is -0.000000000000000222. The third-order valence-corrected chi connectivity index (χ3v) is 4.99. The first-order valence-electron chi connectivity index (χ1n) is 7.39. The van der Waals surface area contributed by atoms with Gasteiger partial charge in [-0.15, -0.1) is 0 Å². The summed E-state index contributed by atoms with van der Waals surface area (Å²) in [7, 11) is -5.01. The van der Waals surface area contributed by atoms with Crippen LogP contribution in [-0.4, -0.2) is 70.6 Å². The summed E-state index contributed by atoms with van der Waals surface area (Å²) in [6, 6.07) is 5.54. The number of hydrogen-bond acceptors (Lipinski definition) is 9. The monoisotopic (exact) mass is 523 g/mol.